The molecule has 2 bridgehead atoms. The van der Waals surface area contributed by atoms with Gasteiger partial charge in [-0.25, -0.2) is 0 Å². The molecular formula is C37H52N6O5. The van der Waals surface area contributed by atoms with Gasteiger partial charge in [0.2, 0.25) is 17.7 Å². The number of hydrogen-bond acceptors (Lipinski definition) is 8. The molecule has 2 aromatic rings. The van der Waals surface area contributed by atoms with Crippen LogP contribution in [-0.2, 0) is 32.0 Å². The number of nitrogens with two attached hydrogens (primary N) is 2. The van der Waals surface area contributed by atoms with Crippen LogP contribution in [0.25, 0.3) is 0 Å². The second-order valence-electron chi connectivity index (χ2n) is 14.0. The number of benzene rings is 2. The van der Waals surface area contributed by atoms with E-state index in [1.165, 1.54) is 0 Å². The Morgan fingerprint density at radius 3 is 2.19 bits per heavy atom. The molecule has 0 radical (unpaired) electrons. The summed E-state index contributed by atoms with van der Waals surface area (Å²) in [5.74, 6) is -0.857. The van der Waals surface area contributed by atoms with E-state index in [0.29, 0.717) is 25.8 Å². The minimum absolute atomic E-state index is 0.0353. The lowest BCUT2D eigenvalue weighted by molar-refractivity contribution is -0.153. The quantitative estimate of drug-likeness (QED) is 0.148. The van der Waals surface area contributed by atoms with Gasteiger partial charge in [-0.1, -0.05) is 61.7 Å². The van der Waals surface area contributed by atoms with Crippen molar-refractivity contribution in [2.45, 2.75) is 107 Å². The maximum atomic E-state index is 14.3. The van der Waals surface area contributed by atoms with Gasteiger partial charge in [-0.05, 0) is 81.2 Å². The van der Waals surface area contributed by atoms with Gasteiger partial charge in [0.05, 0.1) is 17.5 Å². The average Bonchev–Trinajstić information content (AvgIpc) is 3.09. The molecule has 3 fully saturated rings. The van der Waals surface area contributed by atoms with Crippen LogP contribution < -0.4 is 27.4 Å². The number of aromatic hydroxyl groups is 1. The molecule has 5 unspecified atom stereocenters. The first-order chi connectivity index (χ1) is 23.2. The zero-order chi connectivity index (χ0) is 34.1. The third-order valence-corrected chi connectivity index (χ3v) is 10.4. The minimum Gasteiger partial charge on any atom is -0.508 e. The highest BCUT2D eigenvalue weighted by molar-refractivity contribution is 5.97. The topological polar surface area (TPSA) is 180 Å². The molecule has 11 nitrogen and oxygen atoms in total. The normalized spacial score (nSPS) is 21.7. The number of nitrogens with zero attached hydrogens (tertiary/aromatic N) is 1. The number of carbonyl (C=O) groups is 4. The van der Waals surface area contributed by atoms with E-state index in [9.17, 15) is 24.3 Å². The molecule has 5 rings (SSSR count). The zero-order valence-corrected chi connectivity index (χ0v) is 27.9. The van der Waals surface area contributed by atoms with Gasteiger partial charge in [0.1, 0.15) is 11.8 Å². The van der Waals surface area contributed by atoms with Crippen LogP contribution in [0.5, 0.6) is 5.75 Å². The lowest BCUT2D eigenvalue weighted by Crippen LogP contribution is -2.71. The number of piperidine rings is 1. The van der Waals surface area contributed by atoms with Gasteiger partial charge in [-0.3, -0.25) is 19.2 Å². The van der Waals surface area contributed by atoms with Gasteiger partial charge in [-0.2, -0.15) is 0 Å². The minimum atomic E-state index is -0.970. The van der Waals surface area contributed by atoms with Crippen molar-refractivity contribution in [3.8, 4) is 5.75 Å². The molecule has 11 heteroatoms. The molecule has 2 saturated heterocycles. The molecule has 260 valence electrons. The molecular weight excluding hydrogens is 608 g/mol. The van der Waals surface area contributed by atoms with Crippen LogP contribution in [0.3, 0.4) is 0 Å². The summed E-state index contributed by atoms with van der Waals surface area (Å²) in [5.41, 5.74) is 12.8. The Kier molecular flexibility index (Phi) is 12.2. The van der Waals surface area contributed by atoms with Gasteiger partial charge < -0.3 is 37.4 Å². The molecule has 0 spiro atoms. The average molecular weight is 661 g/mol. The van der Waals surface area contributed by atoms with E-state index < -0.39 is 29.4 Å². The first-order valence-electron chi connectivity index (χ1n) is 17.6. The summed E-state index contributed by atoms with van der Waals surface area (Å²) < 4.78 is 0. The van der Waals surface area contributed by atoms with Crippen LogP contribution in [0.2, 0.25) is 0 Å². The fraction of sp³-hybridized carbons (Fsp3) is 0.568. The highest BCUT2D eigenvalue weighted by atomic mass is 16.3. The standard InChI is InChI=1S/C37H52N6O5/c38-18-8-5-11-31(35(47)43-27-21-28(43)24-40-23-27)42-36(48)37(16-6-2-7-17-37)22-33(45)32(20-25-9-3-1-4-10-25)41-34(46)30(39)19-26-12-14-29(44)15-13-26/h1,3-4,9-10,12-15,27-28,30-32,40,44H,2,5-8,11,16-24,38-39H2,(H,41,46)(H,42,48). The number of piperazine rings is 1. The van der Waals surface area contributed by atoms with E-state index >= 15 is 0 Å². The summed E-state index contributed by atoms with van der Waals surface area (Å²) in [7, 11) is 0. The number of hydrogen-bond donors (Lipinski definition) is 6. The van der Waals surface area contributed by atoms with Crippen molar-refractivity contribution >= 4 is 23.5 Å². The monoisotopic (exact) mass is 660 g/mol. The Morgan fingerprint density at radius 1 is 0.875 bits per heavy atom. The zero-order valence-electron chi connectivity index (χ0n) is 27.9. The van der Waals surface area contributed by atoms with Gasteiger partial charge >= 0.3 is 0 Å². The number of Topliss-reactive ketones (excluding diaryl/α,β-unsaturated/α-hetero) is 1. The van der Waals surface area contributed by atoms with E-state index in [-0.39, 0.29) is 54.7 Å². The fourth-order valence-corrected chi connectivity index (χ4v) is 7.60. The number of nitrogens with one attached hydrogen (secondary N) is 3. The van der Waals surface area contributed by atoms with Crippen LogP contribution in [-0.4, -0.2) is 83.4 Å². The molecule has 2 aliphatic heterocycles. The second kappa shape index (κ2) is 16.5. The third-order valence-electron chi connectivity index (χ3n) is 10.4. The number of amides is 3. The van der Waals surface area contributed by atoms with E-state index in [0.717, 1.165) is 62.7 Å². The van der Waals surface area contributed by atoms with Gasteiger partial charge in [0.15, 0.2) is 5.78 Å². The number of phenols is 1. The van der Waals surface area contributed by atoms with Crippen LogP contribution in [0.4, 0.5) is 0 Å². The third kappa shape index (κ3) is 8.80. The van der Waals surface area contributed by atoms with E-state index in [4.69, 9.17) is 11.5 Å². The number of phenolic OH excluding ortho intramolecular Hbond substituents is 1. The number of unbranched alkanes of at least 4 members (excludes halogenated alkanes) is 1. The van der Waals surface area contributed by atoms with Crippen molar-refractivity contribution in [2.75, 3.05) is 19.6 Å². The van der Waals surface area contributed by atoms with E-state index in [2.05, 4.69) is 16.0 Å². The number of rotatable bonds is 16. The second-order valence-corrected chi connectivity index (χ2v) is 14.0. The van der Waals surface area contributed by atoms with Crippen molar-refractivity contribution in [3.05, 3.63) is 65.7 Å². The summed E-state index contributed by atoms with van der Waals surface area (Å²) in [6, 6.07) is 13.8. The molecule has 3 aliphatic rings. The predicted molar refractivity (Wildman–Crippen MR) is 184 cm³/mol. The first kappa shape index (κ1) is 35.5. The van der Waals surface area contributed by atoms with Gasteiger partial charge in [-0.15, -0.1) is 0 Å². The summed E-state index contributed by atoms with van der Waals surface area (Å²) in [6.45, 7) is 2.04. The number of carbonyl (C=O) groups excluding carboxylic acids is 4. The Balaban J connectivity index is 1.32. The summed E-state index contributed by atoms with van der Waals surface area (Å²) in [5, 5.41) is 19.0. The molecule has 48 heavy (non-hydrogen) atoms. The summed E-state index contributed by atoms with van der Waals surface area (Å²) in [6.07, 6.45) is 7.09. The van der Waals surface area contributed by atoms with Crippen LogP contribution >= 0.6 is 0 Å². The SMILES string of the molecule is NCCCCC(NC(=O)C1(CC(=O)C(Cc2ccccc2)NC(=O)C(N)Cc2ccc(O)cc2)CCCCC1)C(=O)N1C2CNCC1C2. The molecule has 2 heterocycles. The fourth-order valence-electron chi connectivity index (χ4n) is 7.60. The van der Waals surface area contributed by atoms with E-state index in [1.54, 1.807) is 24.3 Å². The van der Waals surface area contributed by atoms with Gasteiger partial charge in [0.25, 0.3) is 0 Å². The Hall–Kier alpha value is -3.80. The van der Waals surface area contributed by atoms with Crippen molar-refractivity contribution in [2.24, 2.45) is 16.9 Å². The Morgan fingerprint density at radius 2 is 1.54 bits per heavy atom. The molecule has 1 aliphatic carbocycles. The summed E-state index contributed by atoms with van der Waals surface area (Å²) in [4.78, 5) is 57.7. The van der Waals surface area contributed by atoms with Crippen LogP contribution in [0.1, 0.15) is 75.3 Å². The van der Waals surface area contributed by atoms with Crippen LogP contribution in [0, 0.1) is 5.41 Å². The Labute approximate surface area is 283 Å². The molecule has 3 amide bonds. The molecule has 2 aromatic carbocycles. The maximum Gasteiger partial charge on any atom is 0.245 e. The van der Waals surface area contributed by atoms with Crippen molar-refractivity contribution in [1.82, 2.24) is 20.9 Å². The largest absolute Gasteiger partial charge is 0.508 e. The molecule has 1 saturated carbocycles. The Bertz CT molecular complexity index is 1380. The van der Waals surface area contributed by atoms with E-state index in [1.807, 2.05) is 35.2 Å². The smallest absolute Gasteiger partial charge is 0.245 e. The first-order valence-corrected chi connectivity index (χ1v) is 17.6. The lowest BCUT2D eigenvalue weighted by Gasteiger charge is -2.54. The van der Waals surface area contributed by atoms with Gasteiger partial charge in [0, 0.05) is 31.6 Å². The number of ketones is 1. The maximum absolute atomic E-state index is 14.3. The highest BCUT2D eigenvalue weighted by Gasteiger charge is 2.48. The molecule has 5 atom stereocenters. The van der Waals surface area contributed by atoms with Crippen LogP contribution in [0.15, 0.2) is 54.6 Å². The highest BCUT2D eigenvalue weighted by Crippen LogP contribution is 2.41. The number of fused-ring (bicyclic) bond motifs is 2. The summed E-state index contributed by atoms with van der Waals surface area (Å²) >= 11 is 0. The molecule has 8 N–H and O–H groups in total. The van der Waals surface area contributed by atoms with Crippen molar-refractivity contribution in [1.29, 1.82) is 0 Å². The predicted octanol–water partition coefficient (Wildman–Crippen LogP) is 2.09. The van der Waals surface area contributed by atoms with Crippen molar-refractivity contribution in [3.63, 3.8) is 0 Å². The molecule has 0 aromatic heterocycles. The van der Waals surface area contributed by atoms with Crippen molar-refractivity contribution < 1.29 is 24.3 Å². The lowest BCUT2D eigenvalue weighted by atomic mass is 9.69.